The third-order valence-electron chi connectivity index (χ3n) is 5.28. The maximum atomic E-state index is 13.0. The quantitative estimate of drug-likeness (QED) is 0.894. The molecule has 1 N–H and O–H groups in total. The Balaban J connectivity index is 1.58. The molecule has 0 saturated carbocycles. The number of carbonyl (C=O) groups is 1. The summed E-state index contributed by atoms with van der Waals surface area (Å²) in [5.74, 6) is 1.01. The predicted octanol–water partition coefficient (Wildman–Crippen LogP) is 1.87. The molecule has 8 heteroatoms. The fourth-order valence-electron chi connectivity index (χ4n) is 3.82. The molecule has 3 aliphatic rings. The molecular weight excluding hydrogens is 340 g/mol. The lowest BCUT2D eigenvalue weighted by atomic mass is 9.93. The molecule has 2 aromatic heterocycles. The van der Waals surface area contributed by atoms with Gasteiger partial charge in [0.1, 0.15) is 5.76 Å². The summed E-state index contributed by atoms with van der Waals surface area (Å²) in [5.41, 5.74) is 2.56. The maximum Gasteiger partial charge on any atom is 0.228 e. The molecule has 3 saturated heterocycles. The Kier molecular flexibility index (Phi) is 4.24. The summed E-state index contributed by atoms with van der Waals surface area (Å²) in [6, 6.07) is 0.168. The first-order chi connectivity index (χ1) is 12.1. The van der Waals surface area contributed by atoms with E-state index < -0.39 is 0 Å². The molecule has 134 valence electrons. The molecule has 3 fully saturated rings. The van der Waals surface area contributed by atoms with Crippen molar-refractivity contribution in [2.75, 3.05) is 18.0 Å². The van der Waals surface area contributed by atoms with Crippen LogP contribution in [-0.4, -0.2) is 45.2 Å². The van der Waals surface area contributed by atoms with Crippen LogP contribution in [0.25, 0.3) is 0 Å². The second kappa shape index (κ2) is 6.42. The van der Waals surface area contributed by atoms with Crippen LogP contribution >= 0.6 is 11.3 Å². The van der Waals surface area contributed by atoms with Crippen molar-refractivity contribution in [2.24, 2.45) is 5.92 Å². The zero-order valence-corrected chi connectivity index (χ0v) is 15.3. The standard InChI is InChI=1S/C17H22N4O3S/c1-10-15(11(2)24-19-10)7-21-14-4-3-12(16(21)23)5-20(6-14)17-18-13(8-22)9-25-17/h9,12,14,22H,3-8H2,1-2H3/t12-,14+/m0/s1. The molecule has 0 unspecified atom stereocenters. The number of aliphatic hydroxyl groups is 1. The molecule has 5 rings (SSSR count). The van der Waals surface area contributed by atoms with Gasteiger partial charge < -0.3 is 19.4 Å². The highest BCUT2D eigenvalue weighted by molar-refractivity contribution is 7.13. The van der Waals surface area contributed by atoms with Crippen LogP contribution in [0.1, 0.15) is 35.6 Å². The normalized spacial score (nSPS) is 23.4. The largest absolute Gasteiger partial charge is 0.390 e. The zero-order valence-electron chi connectivity index (χ0n) is 14.4. The molecule has 0 radical (unpaired) electrons. The molecule has 0 aliphatic carbocycles. The first-order valence-corrected chi connectivity index (χ1v) is 9.47. The van der Waals surface area contributed by atoms with Crippen molar-refractivity contribution < 1.29 is 14.4 Å². The fraction of sp³-hybridized carbons (Fsp3) is 0.588. The van der Waals surface area contributed by atoms with Gasteiger partial charge in [-0.25, -0.2) is 4.98 Å². The number of aromatic nitrogens is 2. The van der Waals surface area contributed by atoms with Crippen LogP contribution in [0.15, 0.2) is 9.90 Å². The van der Waals surface area contributed by atoms with Crippen molar-refractivity contribution in [1.82, 2.24) is 15.0 Å². The molecule has 5 heterocycles. The van der Waals surface area contributed by atoms with Gasteiger partial charge in [0.2, 0.25) is 5.91 Å². The van der Waals surface area contributed by atoms with Gasteiger partial charge in [0.15, 0.2) is 5.13 Å². The summed E-state index contributed by atoms with van der Waals surface area (Å²) in [4.78, 5) is 21.7. The van der Waals surface area contributed by atoms with Crippen LogP contribution < -0.4 is 4.90 Å². The maximum absolute atomic E-state index is 13.0. The van der Waals surface area contributed by atoms with Crippen molar-refractivity contribution >= 4 is 22.4 Å². The smallest absolute Gasteiger partial charge is 0.228 e. The summed E-state index contributed by atoms with van der Waals surface area (Å²) in [7, 11) is 0. The average molecular weight is 362 g/mol. The number of anilines is 1. The minimum Gasteiger partial charge on any atom is -0.390 e. The van der Waals surface area contributed by atoms with E-state index in [4.69, 9.17) is 4.52 Å². The molecule has 0 aromatic carbocycles. The first kappa shape index (κ1) is 16.5. The van der Waals surface area contributed by atoms with E-state index in [0.29, 0.717) is 18.8 Å². The van der Waals surface area contributed by atoms with Crippen LogP contribution in [0.4, 0.5) is 5.13 Å². The minimum absolute atomic E-state index is 0.000647. The lowest BCUT2D eigenvalue weighted by Gasteiger charge is -2.35. The molecule has 7 nitrogen and oxygen atoms in total. The Bertz CT molecular complexity index is 767. The van der Waals surface area contributed by atoms with E-state index >= 15 is 0 Å². The van der Waals surface area contributed by atoms with E-state index in [0.717, 1.165) is 41.5 Å². The van der Waals surface area contributed by atoms with Gasteiger partial charge in [-0.05, 0) is 26.7 Å². The number of hydrogen-bond donors (Lipinski definition) is 1. The van der Waals surface area contributed by atoms with E-state index in [-0.39, 0.29) is 24.5 Å². The third kappa shape index (κ3) is 2.93. The minimum atomic E-state index is -0.0473. The third-order valence-corrected chi connectivity index (χ3v) is 6.23. The van der Waals surface area contributed by atoms with Gasteiger partial charge in [0, 0.05) is 30.1 Å². The first-order valence-electron chi connectivity index (χ1n) is 8.59. The van der Waals surface area contributed by atoms with Crippen molar-refractivity contribution in [2.45, 2.75) is 45.9 Å². The number of carbonyl (C=O) groups excluding carboxylic acids is 1. The number of aryl methyl sites for hydroxylation is 2. The van der Waals surface area contributed by atoms with E-state index in [9.17, 15) is 9.90 Å². The molecular formula is C17H22N4O3S. The monoisotopic (exact) mass is 362 g/mol. The molecule has 0 spiro atoms. The summed E-state index contributed by atoms with van der Waals surface area (Å²) < 4.78 is 5.26. The van der Waals surface area contributed by atoms with Crippen LogP contribution in [0.2, 0.25) is 0 Å². The van der Waals surface area contributed by atoms with Crippen LogP contribution in [0.3, 0.4) is 0 Å². The van der Waals surface area contributed by atoms with Gasteiger partial charge in [0.25, 0.3) is 0 Å². The highest BCUT2D eigenvalue weighted by Crippen LogP contribution is 2.34. The van der Waals surface area contributed by atoms with Crippen LogP contribution in [0.5, 0.6) is 0 Å². The Morgan fingerprint density at radius 2 is 2.20 bits per heavy atom. The number of hydrogen-bond acceptors (Lipinski definition) is 7. The lowest BCUT2D eigenvalue weighted by Crippen LogP contribution is -2.47. The van der Waals surface area contributed by atoms with Gasteiger partial charge in [-0.15, -0.1) is 11.3 Å². The van der Waals surface area contributed by atoms with Gasteiger partial charge in [-0.3, -0.25) is 4.79 Å². The SMILES string of the molecule is Cc1noc(C)c1CN1C(=O)[C@H]2CC[C@@H]1CN(c1nc(CO)cs1)C2. The van der Waals surface area contributed by atoms with E-state index in [1.54, 1.807) is 0 Å². The second-order valence-corrected chi connectivity index (χ2v) is 7.72. The van der Waals surface area contributed by atoms with Crippen LogP contribution in [0, 0.1) is 19.8 Å². The Morgan fingerprint density at radius 3 is 2.88 bits per heavy atom. The zero-order chi connectivity index (χ0) is 17.6. The number of nitrogens with zero attached hydrogens (tertiary/aromatic N) is 4. The number of rotatable bonds is 4. The van der Waals surface area contributed by atoms with Crippen molar-refractivity contribution in [1.29, 1.82) is 0 Å². The summed E-state index contributed by atoms with van der Waals surface area (Å²) in [6.07, 6.45) is 1.94. The number of piperidine rings is 1. The summed E-state index contributed by atoms with van der Waals surface area (Å²) >= 11 is 1.53. The molecule has 2 bridgehead atoms. The van der Waals surface area contributed by atoms with Gasteiger partial charge in [-0.2, -0.15) is 0 Å². The average Bonchev–Trinajstić information content (AvgIpc) is 3.10. The van der Waals surface area contributed by atoms with E-state index in [1.807, 2.05) is 24.1 Å². The summed E-state index contributed by atoms with van der Waals surface area (Å²) in [5, 5.41) is 16.0. The van der Waals surface area contributed by atoms with Crippen LogP contribution in [-0.2, 0) is 17.9 Å². The second-order valence-electron chi connectivity index (χ2n) is 6.88. The molecule has 2 atom stereocenters. The fourth-order valence-corrected chi connectivity index (χ4v) is 4.65. The number of thiazole rings is 1. The Labute approximate surface area is 150 Å². The van der Waals surface area contributed by atoms with Crippen molar-refractivity contribution in [3.8, 4) is 0 Å². The lowest BCUT2D eigenvalue weighted by molar-refractivity contribution is -0.140. The Hall–Kier alpha value is -1.93. The van der Waals surface area contributed by atoms with Gasteiger partial charge >= 0.3 is 0 Å². The summed E-state index contributed by atoms with van der Waals surface area (Å²) in [6.45, 7) is 5.82. The number of aliphatic hydroxyl groups excluding tert-OH is 1. The predicted molar refractivity (Wildman–Crippen MR) is 93.3 cm³/mol. The topological polar surface area (TPSA) is 82.7 Å². The Morgan fingerprint density at radius 1 is 1.36 bits per heavy atom. The molecule has 3 aliphatic heterocycles. The van der Waals surface area contributed by atoms with E-state index in [1.165, 1.54) is 11.3 Å². The highest BCUT2D eigenvalue weighted by Gasteiger charge is 2.41. The van der Waals surface area contributed by atoms with Crippen molar-refractivity contribution in [3.05, 3.63) is 28.1 Å². The number of amides is 1. The molecule has 25 heavy (non-hydrogen) atoms. The van der Waals surface area contributed by atoms with Gasteiger partial charge in [-0.1, -0.05) is 5.16 Å². The van der Waals surface area contributed by atoms with Crippen molar-refractivity contribution in [3.63, 3.8) is 0 Å². The molecule has 2 aromatic rings. The van der Waals surface area contributed by atoms with E-state index in [2.05, 4.69) is 15.0 Å². The number of fused-ring (bicyclic) bond motifs is 4. The highest BCUT2D eigenvalue weighted by atomic mass is 32.1. The van der Waals surface area contributed by atoms with Gasteiger partial charge in [0.05, 0.1) is 30.5 Å². The molecule has 1 amide bonds.